The molecule has 1 unspecified atom stereocenters. The van der Waals surface area contributed by atoms with E-state index in [-0.39, 0.29) is 0 Å². The van der Waals surface area contributed by atoms with Crippen molar-refractivity contribution < 1.29 is 4.74 Å². The molecule has 9 nitrogen and oxygen atoms in total. The first kappa shape index (κ1) is 21.8. The minimum atomic E-state index is 0.517. The molecule has 0 spiro atoms. The van der Waals surface area contributed by atoms with Gasteiger partial charge in [-0.05, 0) is 56.3 Å². The summed E-state index contributed by atoms with van der Waals surface area (Å²) >= 11 is 0. The number of nitrogens with one attached hydrogen (secondary N) is 1. The smallest absolute Gasteiger partial charge is 0.151 e. The van der Waals surface area contributed by atoms with E-state index in [4.69, 9.17) is 4.74 Å². The van der Waals surface area contributed by atoms with E-state index in [2.05, 4.69) is 41.8 Å². The largest absolute Gasteiger partial charge is 0.495 e. The zero-order valence-corrected chi connectivity index (χ0v) is 19.2. The fourth-order valence-corrected chi connectivity index (χ4v) is 4.50. The lowest BCUT2D eigenvalue weighted by Gasteiger charge is -2.30. The highest BCUT2D eigenvalue weighted by Gasteiger charge is 2.22. The standard InChI is InChI=1S/C24H32N8O/c1-33-22-11-19(13-25-14-22)23-17-32(30-28-23)16-21-8-9-24(29-27-21)31-10-3-2-7-20(15-31)26-12-18-5-4-6-18/h8-9,11,13-14,17-18,20,26H,2-7,10,12,15-16H2,1H3. The highest BCUT2D eigenvalue weighted by atomic mass is 16.5. The Kier molecular flexibility index (Phi) is 6.76. The summed E-state index contributed by atoms with van der Waals surface area (Å²) in [6.07, 6.45) is 13.2. The van der Waals surface area contributed by atoms with Crippen molar-refractivity contribution in [2.75, 3.05) is 31.6 Å². The van der Waals surface area contributed by atoms with Crippen molar-refractivity contribution in [3.8, 4) is 17.0 Å². The second kappa shape index (κ2) is 10.2. The molecule has 0 bridgehead atoms. The summed E-state index contributed by atoms with van der Waals surface area (Å²) in [5.74, 6) is 2.54. The number of hydrogen-bond acceptors (Lipinski definition) is 8. The molecule has 1 saturated heterocycles. The third-order valence-electron chi connectivity index (χ3n) is 6.73. The Labute approximate surface area is 194 Å². The number of methoxy groups -OCH3 is 1. The first-order valence-corrected chi connectivity index (χ1v) is 12.0. The maximum Gasteiger partial charge on any atom is 0.151 e. The summed E-state index contributed by atoms with van der Waals surface area (Å²) in [6.45, 7) is 3.72. The fourth-order valence-electron chi connectivity index (χ4n) is 4.50. The molecule has 0 radical (unpaired) electrons. The third-order valence-corrected chi connectivity index (χ3v) is 6.73. The molecule has 4 heterocycles. The zero-order chi connectivity index (χ0) is 22.5. The second-order valence-corrected chi connectivity index (χ2v) is 9.14. The van der Waals surface area contributed by atoms with Gasteiger partial charge in [0.15, 0.2) is 5.82 Å². The van der Waals surface area contributed by atoms with Crippen LogP contribution in [0.1, 0.15) is 44.2 Å². The average Bonchev–Trinajstić information content (AvgIpc) is 3.15. The van der Waals surface area contributed by atoms with Crippen molar-refractivity contribution in [1.29, 1.82) is 0 Å². The predicted molar refractivity (Wildman–Crippen MR) is 126 cm³/mol. The van der Waals surface area contributed by atoms with E-state index in [0.717, 1.165) is 48.3 Å². The molecular formula is C24H32N8O. The summed E-state index contributed by atoms with van der Waals surface area (Å²) < 4.78 is 7.01. The van der Waals surface area contributed by atoms with Crippen LogP contribution >= 0.6 is 0 Å². The summed E-state index contributed by atoms with van der Waals surface area (Å²) in [6, 6.07) is 6.55. The quantitative estimate of drug-likeness (QED) is 0.562. The van der Waals surface area contributed by atoms with Crippen molar-refractivity contribution in [3.63, 3.8) is 0 Å². The number of nitrogens with zero attached hydrogens (tertiary/aromatic N) is 7. The average molecular weight is 449 g/mol. The van der Waals surface area contributed by atoms with Crippen LogP contribution in [0.2, 0.25) is 0 Å². The van der Waals surface area contributed by atoms with Gasteiger partial charge in [0.2, 0.25) is 0 Å². The van der Waals surface area contributed by atoms with Crippen LogP contribution in [-0.2, 0) is 6.54 Å². The van der Waals surface area contributed by atoms with Gasteiger partial charge in [-0.2, -0.15) is 5.10 Å². The van der Waals surface area contributed by atoms with Crippen molar-refractivity contribution in [2.45, 2.75) is 51.1 Å². The monoisotopic (exact) mass is 448 g/mol. The number of hydrogen-bond donors (Lipinski definition) is 1. The predicted octanol–water partition coefficient (Wildman–Crippen LogP) is 2.94. The van der Waals surface area contributed by atoms with Crippen molar-refractivity contribution in [2.24, 2.45) is 5.92 Å². The topological polar surface area (TPSA) is 93.9 Å². The molecule has 1 atom stereocenters. The van der Waals surface area contributed by atoms with Crippen molar-refractivity contribution in [1.82, 2.24) is 35.5 Å². The molecule has 5 rings (SSSR count). The van der Waals surface area contributed by atoms with E-state index in [1.165, 1.54) is 38.5 Å². The van der Waals surface area contributed by atoms with Crippen LogP contribution in [0, 0.1) is 5.92 Å². The number of rotatable bonds is 8. The lowest BCUT2D eigenvalue weighted by Crippen LogP contribution is -2.42. The fraction of sp³-hybridized carbons (Fsp3) is 0.542. The Bertz CT molecular complexity index is 1030. The molecule has 33 heavy (non-hydrogen) atoms. The molecule has 1 aliphatic carbocycles. The van der Waals surface area contributed by atoms with Crippen LogP contribution in [0.3, 0.4) is 0 Å². The minimum Gasteiger partial charge on any atom is -0.495 e. The first-order valence-electron chi connectivity index (χ1n) is 12.0. The van der Waals surface area contributed by atoms with Crippen LogP contribution in [0.5, 0.6) is 5.75 Å². The number of ether oxygens (including phenoxy) is 1. The normalized spacial score (nSPS) is 19.2. The molecule has 1 aliphatic heterocycles. The Morgan fingerprint density at radius 2 is 2.00 bits per heavy atom. The van der Waals surface area contributed by atoms with Gasteiger partial charge < -0.3 is 15.0 Å². The van der Waals surface area contributed by atoms with Crippen LogP contribution < -0.4 is 15.0 Å². The summed E-state index contributed by atoms with van der Waals surface area (Å²) in [5.41, 5.74) is 2.47. The molecule has 1 saturated carbocycles. The van der Waals surface area contributed by atoms with Gasteiger partial charge in [-0.25, -0.2) is 4.68 Å². The van der Waals surface area contributed by atoms with Gasteiger partial charge in [0.25, 0.3) is 0 Å². The molecule has 1 N–H and O–H groups in total. The SMILES string of the molecule is COc1cncc(-c2cn(Cc3ccc(N4CCCCC(NCC5CCC5)C4)nn3)nn2)c1. The van der Waals surface area contributed by atoms with Gasteiger partial charge >= 0.3 is 0 Å². The van der Waals surface area contributed by atoms with E-state index in [1.807, 2.05) is 18.3 Å². The molecule has 3 aromatic rings. The van der Waals surface area contributed by atoms with Crippen LogP contribution in [0.15, 0.2) is 36.8 Å². The molecule has 9 heteroatoms. The van der Waals surface area contributed by atoms with Gasteiger partial charge in [-0.15, -0.1) is 10.2 Å². The Balaban J connectivity index is 1.20. The van der Waals surface area contributed by atoms with Gasteiger partial charge in [0.05, 0.1) is 31.7 Å². The summed E-state index contributed by atoms with van der Waals surface area (Å²) in [7, 11) is 1.62. The number of aromatic nitrogens is 6. The molecule has 3 aromatic heterocycles. The van der Waals surface area contributed by atoms with Crippen LogP contribution in [0.4, 0.5) is 5.82 Å². The van der Waals surface area contributed by atoms with Crippen LogP contribution in [0.25, 0.3) is 11.3 Å². The Morgan fingerprint density at radius 1 is 1.06 bits per heavy atom. The maximum absolute atomic E-state index is 5.24. The highest BCUT2D eigenvalue weighted by Crippen LogP contribution is 2.26. The van der Waals surface area contributed by atoms with Gasteiger partial charge in [-0.1, -0.05) is 18.1 Å². The molecule has 174 valence electrons. The summed E-state index contributed by atoms with van der Waals surface area (Å²) in [5, 5.41) is 21.3. The number of pyridine rings is 1. The summed E-state index contributed by atoms with van der Waals surface area (Å²) in [4.78, 5) is 6.57. The Morgan fingerprint density at radius 3 is 2.79 bits per heavy atom. The van der Waals surface area contributed by atoms with E-state index in [9.17, 15) is 0 Å². The zero-order valence-electron chi connectivity index (χ0n) is 19.2. The third kappa shape index (κ3) is 5.47. The number of anilines is 1. The molecular weight excluding hydrogens is 416 g/mol. The second-order valence-electron chi connectivity index (χ2n) is 9.14. The lowest BCUT2D eigenvalue weighted by atomic mass is 9.85. The lowest BCUT2D eigenvalue weighted by molar-refractivity contribution is 0.286. The van der Waals surface area contributed by atoms with E-state index >= 15 is 0 Å². The Hall–Kier alpha value is -3.07. The molecule has 0 amide bonds. The highest BCUT2D eigenvalue weighted by molar-refractivity contribution is 5.58. The van der Waals surface area contributed by atoms with Gasteiger partial charge in [0.1, 0.15) is 11.4 Å². The van der Waals surface area contributed by atoms with Crippen molar-refractivity contribution in [3.05, 3.63) is 42.5 Å². The van der Waals surface area contributed by atoms with E-state index in [0.29, 0.717) is 18.3 Å². The maximum atomic E-state index is 5.24. The first-order chi connectivity index (χ1) is 16.3. The van der Waals surface area contributed by atoms with Crippen molar-refractivity contribution >= 4 is 5.82 Å². The molecule has 2 aliphatic rings. The molecule has 2 fully saturated rings. The van der Waals surface area contributed by atoms with Gasteiger partial charge in [-0.3, -0.25) is 4.98 Å². The van der Waals surface area contributed by atoms with Gasteiger partial charge in [0, 0.05) is 30.9 Å². The molecule has 0 aromatic carbocycles. The van der Waals surface area contributed by atoms with Crippen LogP contribution in [-0.4, -0.2) is 63.0 Å². The van der Waals surface area contributed by atoms with E-state index < -0.39 is 0 Å². The minimum absolute atomic E-state index is 0.517. The van der Waals surface area contributed by atoms with E-state index in [1.54, 1.807) is 24.2 Å².